The first kappa shape index (κ1) is 18.1. The van der Waals surface area contributed by atoms with E-state index in [2.05, 4.69) is 0 Å². The Kier molecular flexibility index (Phi) is 5.95. The highest BCUT2D eigenvalue weighted by Gasteiger charge is 2.29. The monoisotopic (exact) mass is 333 g/mol. The smallest absolute Gasteiger partial charge is 0.345 e. The summed E-state index contributed by atoms with van der Waals surface area (Å²) in [6.07, 6.45) is 0. The molecular formula is C14H23NO4S2. The second-order valence-electron chi connectivity index (χ2n) is 5.95. The zero-order valence-corrected chi connectivity index (χ0v) is 14.7. The molecule has 1 aromatic heterocycles. The third-order valence-electron chi connectivity index (χ3n) is 2.84. The molecule has 0 aliphatic heterocycles. The summed E-state index contributed by atoms with van der Waals surface area (Å²) in [6.45, 7) is 10.4. The van der Waals surface area contributed by atoms with Gasteiger partial charge in [0.25, 0.3) is 0 Å². The fraction of sp³-hybridized carbons (Fsp3) is 0.643. The van der Waals surface area contributed by atoms with Crippen LogP contribution in [0.1, 0.15) is 42.2 Å². The highest BCUT2D eigenvalue weighted by molar-refractivity contribution is 7.89. The van der Waals surface area contributed by atoms with Crippen molar-refractivity contribution < 1.29 is 18.3 Å². The summed E-state index contributed by atoms with van der Waals surface area (Å²) in [6, 6.07) is 1.27. The first-order valence-electron chi connectivity index (χ1n) is 6.89. The van der Waals surface area contributed by atoms with Gasteiger partial charge in [0.1, 0.15) is 4.88 Å². The predicted octanol–water partition coefficient (Wildman–Crippen LogP) is 3.06. The van der Waals surface area contributed by atoms with Gasteiger partial charge < -0.3 is 5.11 Å². The van der Waals surface area contributed by atoms with Gasteiger partial charge in [-0.25, -0.2) is 13.2 Å². The van der Waals surface area contributed by atoms with Crippen LogP contribution >= 0.6 is 11.3 Å². The minimum absolute atomic E-state index is 0.0557. The van der Waals surface area contributed by atoms with Gasteiger partial charge >= 0.3 is 5.97 Å². The summed E-state index contributed by atoms with van der Waals surface area (Å²) in [5, 5.41) is 9.02. The lowest BCUT2D eigenvalue weighted by molar-refractivity contribution is 0.0702. The van der Waals surface area contributed by atoms with E-state index >= 15 is 0 Å². The molecule has 0 spiro atoms. The van der Waals surface area contributed by atoms with Crippen LogP contribution in [0.4, 0.5) is 0 Å². The Bertz CT molecular complexity index is 592. The lowest BCUT2D eigenvalue weighted by atomic mass is 10.2. The zero-order chi connectivity index (χ0) is 16.4. The molecule has 0 saturated heterocycles. The van der Waals surface area contributed by atoms with Crippen molar-refractivity contribution in [3.8, 4) is 0 Å². The Labute approximate surface area is 130 Å². The summed E-state index contributed by atoms with van der Waals surface area (Å²) in [4.78, 5) is 11.7. The van der Waals surface area contributed by atoms with Crippen molar-refractivity contribution in [1.82, 2.24) is 4.31 Å². The molecule has 21 heavy (non-hydrogen) atoms. The quantitative estimate of drug-likeness (QED) is 0.832. The van der Waals surface area contributed by atoms with E-state index in [0.717, 1.165) is 11.3 Å². The molecule has 0 aliphatic carbocycles. The SMILES string of the molecule is Cc1sc(C(=O)O)cc1S(=O)(=O)N(CC(C)C)CC(C)C. The molecule has 0 amide bonds. The minimum atomic E-state index is -3.65. The van der Waals surface area contributed by atoms with E-state index in [4.69, 9.17) is 5.11 Å². The number of hydrogen-bond donors (Lipinski definition) is 1. The first-order valence-corrected chi connectivity index (χ1v) is 9.15. The molecule has 1 aromatic rings. The maximum atomic E-state index is 12.8. The molecule has 7 heteroatoms. The Hall–Kier alpha value is -0.920. The molecule has 0 aromatic carbocycles. The fourth-order valence-electron chi connectivity index (χ4n) is 2.05. The highest BCUT2D eigenvalue weighted by atomic mass is 32.2. The average molecular weight is 333 g/mol. The summed E-state index contributed by atoms with van der Waals surface area (Å²) < 4.78 is 27.1. The van der Waals surface area contributed by atoms with Crippen molar-refractivity contribution in [3.63, 3.8) is 0 Å². The standard InChI is InChI=1S/C14H23NO4S2/c1-9(2)7-15(8-10(3)4)21(18,19)13-6-12(14(16)17)20-11(13)5/h6,9-10H,7-8H2,1-5H3,(H,16,17). The molecule has 0 radical (unpaired) electrons. The van der Waals surface area contributed by atoms with Gasteiger partial charge in [0.05, 0.1) is 4.90 Å². The lowest BCUT2D eigenvalue weighted by Crippen LogP contribution is -2.37. The molecule has 0 unspecified atom stereocenters. The van der Waals surface area contributed by atoms with E-state index in [1.807, 2.05) is 27.7 Å². The predicted molar refractivity (Wildman–Crippen MR) is 84.5 cm³/mol. The minimum Gasteiger partial charge on any atom is -0.477 e. The van der Waals surface area contributed by atoms with Crippen molar-refractivity contribution in [1.29, 1.82) is 0 Å². The van der Waals surface area contributed by atoms with Crippen LogP contribution in [0.3, 0.4) is 0 Å². The van der Waals surface area contributed by atoms with Crippen LogP contribution in [0.15, 0.2) is 11.0 Å². The molecule has 1 N–H and O–H groups in total. The molecule has 0 saturated carbocycles. The molecule has 0 fully saturated rings. The van der Waals surface area contributed by atoms with Crippen molar-refractivity contribution in [2.75, 3.05) is 13.1 Å². The van der Waals surface area contributed by atoms with E-state index < -0.39 is 16.0 Å². The molecule has 120 valence electrons. The van der Waals surface area contributed by atoms with Crippen LogP contribution < -0.4 is 0 Å². The largest absolute Gasteiger partial charge is 0.477 e. The number of carbonyl (C=O) groups is 1. The summed E-state index contributed by atoms with van der Waals surface area (Å²) >= 11 is 0.999. The number of carboxylic acids is 1. The number of thiophene rings is 1. The molecule has 1 rings (SSSR count). The Morgan fingerprint density at radius 1 is 1.24 bits per heavy atom. The van der Waals surface area contributed by atoms with Crippen molar-refractivity contribution in [2.24, 2.45) is 11.8 Å². The van der Waals surface area contributed by atoms with Crippen LogP contribution in [0, 0.1) is 18.8 Å². The van der Waals surface area contributed by atoms with Crippen molar-refractivity contribution in [3.05, 3.63) is 15.8 Å². The van der Waals surface area contributed by atoms with Gasteiger partial charge in [0.15, 0.2) is 0 Å². The van der Waals surface area contributed by atoms with E-state index in [9.17, 15) is 13.2 Å². The Balaban J connectivity index is 3.24. The number of sulfonamides is 1. The van der Waals surface area contributed by atoms with E-state index in [1.54, 1.807) is 6.92 Å². The Morgan fingerprint density at radius 2 is 1.71 bits per heavy atom. The summed E-state index contributed by atoms with van der Waals surface area (Å²) in [5.74, 6) is -0.684. The fourth-order valence-corrected chi connectivity index (χ4v) is 5.22. The van der Waals surface area contributed by atoms with E-state index in [-0.39, 0.29) is 21.6 Å². The first-order chi connectivity index (χ1) is 9.55. The number of aromatic carboxylic acids is 1. The molecule has 0 atom stereocenters. The number of nitrogens with zero attached hydrogens (tertiary/aromatic N) is 1. The number of aryl methyl sites for hydroxylation is 1. The maximum absolute atomic E-state index is 12.8. The molecule has 0 bridgehead atoms. The van der Waals surface area contributed by atoms with Gasteiger partial charge in [-0.15, -0.1) is 11.3 Å². The number of hydrogen-bond acceptors (Lipinski definition) is 4. The van der Waals surface area contributed by atoms with Crippen molar-refractivity contribution >= 4 is 27.3 Å². The van der Waals surface area contributed by atoms with Gasteiger partial charge in [0.2, 0.25) is 10.0 Å². The highest BCUT2D eigenvalue weighted by Crippen LogP contribution is 2.29. The lowest BCUT2D eigenvalue weighted by Gasteiger charge is -2.25. The van der Waals surface area contributed by atoms with Gasteiger partial charge in [-0.1, -0.05) is 27.7 Å². The molecule has 0 aliphatic rings. The van der Waals surface area contributed by atoms with Crippen LogP contribution in [0.5, 0.6) is 0 Å². The van der Waals surface area contributed by atoms with E-state index in [1.165, 1.54) is 10.4 Å². The normalized spacial score (nSPS) is 12.6. The third kappa shape index (κ3) is 4.52. The molecular weight excluding hydrogens is 310 g/mol. The summed E-state index contributed by atoms with van der Waals surface area (Å²) in [7, 11) is -3.65. The maximum Gasteiger partial charge on any atom is 0.345 e. The van der Waals surface area contributed by atoms with Crippen molar-refractivity contribution in [2.45, 2.75) is 39.5 Å². The molecule has 5 nitrogen and oxygen atoms in total. The zero-order valence-electron chi connectivity index (χ0n) is 13.1. The van der Waals surface area contributed by atoms with Crippen LogP contribution in [-0.4, -0.2) is 36.9 Å². The van der Waals surface area contributed by atoms with Crippen LogP contribution in [0.2, 0.25) is 0 Å². The number of carboxylic acid groups (broad SMARTS) is 1. The topological polar surface area (TPSA) is 74.7 Å². The van der Waals surface area contributed by atoms with E-state index in [0.29, 0.717) is 18.0 Å². The van der Waals surface area contributed by atoms with Crippen LogP contribution in [-0.2, 0) is 10.0 Å². The van der Waals surface area contributed by atoms with Gasteiger partial charge in [-0.3, -0.25) is 0 Å². The summed E-state index contributed by atoms with van der Waals surface area (Å²) in [5.41, 5.74) is 0. The van der Waals surface area contributed by atoms with Gasteiger partial charge in [0, 0.05) is 18.0 Å². The van der Waals surface area contributed by atoms with Gasteiger partial charge in [-0.2, -0.15) is 4.31 Å². The average Bonchev–Trinajstić information content (AvgIpc) is 2.70. The van der Waals surface area contributed by atoms with Crippen LogP contribution in [0.25, 0.3) is 0 Å². The Morgan fingerprint density at radius 3 is 2.05 bits per heavy atom. The second kappa shape index (κ2) is 6.89. The third-order valence-corrected chi connectivity index (χ3v) is 5.96. The number of rotatable bonds is 7. The van der Waals surface area contributed by atoms with Gasteiger partial charge in [-0.05, 0) is 24.8 Å². The molecule has 1 heterocycles. The second-order valence-corrected chi connectivity index (χ2v) is 9.11.